The average Bonchev–Trinajstić information content (AvgIpc) is 2.13. The quantitative estimate of drug-likeness (QED) is 0.749. The number of Topliss-reactive ketones (excluding diaryl/α,β-unsaturated/α-hetero) is 1. The molecule has 1 aromatic rings. The molecule has 0 spiro atoms. The molecule has 1 aliphatic rings. The molecule has 0 amide bonds. The van der Waals surface area contributed by atoms with E-state index in [4.69, 9.17) is 11.6 Å². The van der Waals surface area contributed by atoms with E-state index in [9.17, 15) is 4.79 Å². The van der Waals surface area contributed by atoms with Crippen molar-refractivity contribution in [2.75, 3.05) is 0 Å². The maximum absolute atomic E-state index is 11.6. The van der Waals surface area contributed by atoms with E-state index in [2.05, 4.69) is 25.8 Å². The summed E-state index contributed by atoms with van der Waals surface area (Å²) < 4.78 is 0. The molecule has 2 nitrogen and oxygen atoms in total. The van der Waals surface area contributed by atoms with Gasteiger partial charge in [0.2, 0.25) is 0 Å². The van der Waals surface area contributed by atoms with Crippen LogP contribution in [0.4, 0.5) is 0 Å². The second kappa shape index (κ2) is 3.85. The van der Waals surface area contributed by atoms with Crippen LogP contribution in [-0.4, -0.2) is 10.8 Å². The summed E-state index contributed by atoms with van der Waals surface area (Å²) in [6.45, 7) is 6.32. The Labute approximate surface area is 101 Å². The Kier molecular flexibility index (Phi) is 2.79. The molecule has 1 aliphatic carbocycles. The summed E-state index contributed by atoms with van der Waals surface area (Å²) in [6, 6.07) is 1.90. The van der Waals surface area contributed by atoms with E-state index in [1.54, 1.807) is 6.20 Å². The first-order chi connectivity index (χ1) is 7.39. The zero-order chi connectivity index (χ0) is 11.9. The van der Waals surface area contributed by atoms with Crippen molar-refractivity contribution in [2.45, 2.75) is 44.9 Å². The number of pyridine rings is 1. The predicted molar refractivity (Wildman–Crippen MR) is 64.9 cm³/mol. The van der Waals surface area contributed by atoms with Crippen molar-refractivity contribution < 1.29 is 4.79 Å². The van der Waals surface area contributed by atoms with Crippen LogP contribution in [0.15, 0.2) is 12.3 Å². The minimum atomic E-state index is -0.0458. The first-order valence-corrected chi connectivity index (χ1v) is 5.96. The zero-order valence-corrected chi connectivity index (χ0v) is 10.6. The largest absolute Gasteiger partial charge is 0.299 e. The Morgan fingerprint density at radius 2 is 2.12 bits per heavy atom. The molecule has 0 N–H and O–H groups in total. The molecule has 2 rings (SSSR count). The Hall–Kier alpha value is -0.890. The normalized spacial score (nSPS) is 20.8. The van der Waals surface area contributed by atoms with Gasteiger partial charge in [-0.15, -0.1) is 0 Å². The van der Waals surface area contributed by atoms with Crippen LogP contribution in [0.5, 0.6) is 0 Å². The molecule has 1 heterocycles. The van der Waals surface area contributed by atoms with Crippen molar-refractivity contribution in [2.24, 2.45) is 0 Å². The summed E-state index contributed by atoms with van der Waals surface area (Å²) in [5.41, 5.74) is 1.97. The monoisotopic (exact) mass is 237 g/mol. The second-order valence-electron chi connectivity index (χ2n) is 5.40. The van der Waals surface area contributed by atoms with Gasteiger partial charge in [-0.2, -0.15) is 0 Å². The van der Waals surface area contributed by atoms with E-state index in [-0.39, 0.29) is 11.3 Å². The molecule has 0 radical (unpaired) electrons. The molecule has 0 aromatic carbocycles. The summed E-state index contributed by atoms with van der Waals surface area (Å²) in [6.07, 6.45) is 3.29. The topological polar surface area (TPSA) is 30.0 Å². The molecule has 1 aromatic heterocycles. The number of ketones is 1. The highest BCUT2D eigenvalue weighted by molar-refractivity contribution is 6.30. The summed E-state index contributed by atoms with van der Waals surface area (Å²) in [5.74, 6) is 0.343. The van der Waals surface area contributed by atoms with Gasteiger partial charge in [0.05, 0.1) is 5.02 Å². The number of aromatic nitrogens is 1. The Balaban J connectivity index is 2.49. The van der Waals surface area contributed by atoms with Crippen LogP contribution in [0.2, 0.25) is 5.02 Å². The summed E-state index contributed by atoms with van der Waals surface area (Å²) in [7, 11) is 0. The fraction of sp³-hybridized carbons (Fsp3) is 0.538. The van der Waals surface area contributed by atoms with Gasteiger partial charge < -0.3 is 0 Å². The van der Waals surface area contributed by atoms with E-state index in [1.807, 2.05) is 6.07 Å². The van der Waals surface area contributed by atoms with Crippen molar-refractivity contribution in [3.63, 3.8) is 0 Å². The summed E-state index contributed by atoms with van der Waals surface area (Å²) in [4.78, 5) is 16.0. The third-order valence-electron chi connectivity index (χ3n) is 3.04. The van der Waals surface area contributed by atoms with Gasteiger partial charge in [0.25, 0.3) is 0 Å². The van der Waals surface area contributed by atoms with Crippen LogP contribution < -0.4 is 0 Å². The third kappa shape index (κ3) is 1.99. The van der Waals surface area contributed by atoms with Gasteiger partial charge >= 0.3 is 0 Å². The van der Waals surface area contributed by atoms with Crippen molar-refractivity contribution >= 4 is 17.4 Å². The van der Waals surface area contributed by atoms with Gasteiger partial charge in [-0.1, -0.05) is 32.4 Å². The van der Waals surface area contributed by atoms with Gasteiger partial charge in [-0.25, -0.2) is 0 Å². The SMILES string of the molecule is CC(C)(C)c1ncc(Cl)cc1C1CCC1=O. The van der Waals surface area contributed by atoms with Crippen LogP contribution >= 0.6 is 11.6 Å². The maximum Gasteiger partial charge on any atom is 0.140 e. The number of carbonyl (C=O) groups excluding carboxylic acids is 1. The lowest BCUT2D eigenvalue weighted by molar-refractivity contribution is -0.125. The average molecular weight is 238 g/mol. The van der Waals surface area contributed by atoms with Crippen molar-refractivity contribution in [3.8, 4) is 0 Å². The molecule has 1 saturated carbocycles. The van der Waals surface area contributed by atoms with Crippen LogP contribution in [-0.2, 0) is 10.2 Å². The van der Waals surface area contributed by atoms with Crippen molar-refractivity contribution in [1.82, 2.24) is 4.98 Å². The fourth-order valence-electron chi connectivity index (χ4n) is 2.08. The lowest BCUT2D eigenvalue weighted by Crippen LogP contribution is -2.27. The standard InChI is InChI=1S/C13H16ClNO/c1-13(2,3)12-10(6-8(14)7-15-12)9-4-5-11(9)16/h6-7,9H,4-5H2,1-3H3. The highest BCUT2D eigenvalue weighted by Crippen LogP contribution is 2.38. The predicted octanol–water partition coefficient (Wildman–Crippen LogP) is 3.48. The van der Waals surface area contributed by atoms with Crippen molar-refractivity contribution in [1.29, 1.82) is 0 Å². The van der Waals surface area contributed by atoms with E-state index >= 15 is 0 Å². The molecule has 0 aliphatic heterocycles. The Bertz CT molecular complexity index is 434. The van der Waals surface area contributed by atoms with Crippen LogP contribution in [0, 0.1) is 0 Å². The van der Waals surface area contributed by atoms with Gasteiger partial charge in [0, 0.05) is 29.6 Å². The molecule has 1 atom stereocenters. The number of rotatable bonds is 1. The molecule has 0 bridgehead atoms. The lowest BCUT2D eigenvalue weighted by atomic mass is 9.74. The number of hydrogen-bond acceptors (Lipinski definition) is 2. The van der Waals surface area contributed by atoms with Crippen LogP contribution in [0.1, 0.15) is 50.8 Å². The molecular formula is C13H16ClNO. The van der Waals surface area contributed by atoms with Gasteiger partial charge in [-0.05, 0) is 18.1 Å². The third-order valence-corrected chi connectivity index (χ3v) is 3.24. The van der Waals surface area contributed by atoms with Gasteiger partial charge in [0.1, 0.15) is 5.78 Å². The van der Waals surface area contributed by atoms with Gasteiger partial charge in [0.15, 0.2) is 0 Å². The number of nitrogens with zero attached hydrogens (tertiary/aromatic N) is 1. The van der Waals surface area contributed by atoms with Crippen LogP contribution in [0.25, 0.3) is 0 Å². The first-order valence-electron chi connectivity index (χ1n) is 5.58. The van der Waals surface area contributed by atoms with E-state index < -0.39 is 0 Å². The number of hydrogen-bond donors (Lipinski definition) is 0. The van der Waals surface area contributed by atoms with E-state index in [0.29, 0.717) is 17.2 Å². The molecule has 3 heteroatoms. The molecule has 0 saturated heterocycles. The second-order valence-corrected chi connectivity index (χ2v) is 5.84. The molecule has 1 fully saturated rings. The van der Waals surface area contributed by atoms with Crippen molar-refractivity contribution in [3.05, 3.63) is 28.5 Å². The Morgan fingerprint density at radius 3 is 2.56 bits per heavy atom. The molecular weight excluding hydrogens is 222 g/mol. The first kappa shape index (κ1) is 11.6. The smallest absolute Gasteiger partial charge is 0.140 e. The summed E-state index contributed by atoms with van der Waals surface area (Å²) in [5, 5.41) is 0.614. The number of halogens is 1. The van der Waals surface area contributed by atoms with E-state index in [0.717, 1.165) is 17.7 Å². The maximum atomic E-state index is 11.6. The molecule has 16 heavy (non-hydrogen) atoms. The lowest BCUT2D eigenvalue weighted by Gasteiger charge is -2.30. The molecule has 86 valence electrons. The number of carbonyl (C=O) groups is 1. The van der Waals surface area contributed by atoms with Crippen LogP contribution in [0.3, 0.4) is 0 Å². The molecule has 1 unspecified atom stereocenters. The van der Waals surface area contributed by atoms with Gasteiger partial charge in [-0.3, -0.25) is 9.78 Å². The highest BCUT2D eigenvalue weighted by atomic mass is 35.5. The van der Waals surface area contributed by atoms with E-state index in [1.165, 1.54) is 0 Å². The Morgan fingerprint density at radius 1 is 1.44 bits per heavy atom. The highest BCUT2D eigenvalue weighted by Gasteiger charge is 2.34. The fourth-order valence-corrected chi connectivity index (χ4v) is 2.25. The summed E-state index contributed by atoms with van der Waals surface area (Å²) >= 11 is 5.97. The zero-order valence-electron chi connectivity index (χ0n) is 9.88. The minimum Gasteiger partial charge on any atom is -0.299 e. The minimum absolute atomic E-state index is 0.0282.